The summed E-state index contributed by atoms with van der Waals surface area (Å²) in [6, 6.07) is 18.6. The topological polar surface area (TPSA) is 55.2 Å². The van der Waals surface area contributed by atoms with Crippen LogP contribution in [0.3, 0.4) is 0 Å². The quantitative estimate of drug-likeness (QED) is 0.633. The van der Waals surface area contributed by atoms with E-state index in [1.54, 1.807) is 30.1 Å². The molecule has 1 amide bonds. The monoisotopic (exact) mass is 407 g/mol. The van der Waals surface area contributed by atoms with Crippen molar-refractivity contribution in [3.8, 4) is 5.69 Å². The van der Waals surface area contributed by atoms with Gasteiger partial charge in [-0.2, -0.15) is 5.10 Å². The highest BCUT2D eigenvalue weighted by molar-refractivity contribution is 6.31. The number of halogens is 1. The summed E-state index contributed by atoms with van der Waals surface area (Å²) in [4.78, 5) is 28.1. The second kappa shape index (κ2) is 7.84. The zero-order valence-corrected chi connectivity index (χ0v) is 17.0. The lowest BCUT2D eigenvalue weighted by molar-refractivity contribution is -0.132. The molecule has 1 fully saturated rings. The molecule has 0 radical (unpaired) electrons. The lowest BCUT2D eigenvalue weighted by Gasteiger charge is -2.43. The molecule has 1 aromatic heterocycles. The fourth-order valence-electron chi connectivity index (χ4n) is 4.14. The summed E-state index contributed by atoms with van der Waals surface area (Å²) in [6.45, 7) is 0. The van der Waals surface area contributed by atoms with Gasteiger partial charge in [-0.25, -0.2) is 4.68 Å². The van der Waals surface area contributed by atoms with Crippen molar-refractivity contribution in [3.63, 3.8) is 0 Å². The maximum Gasteiger partial charge on any atom is 0.275 e. The van der Waals surface area contributed by atoms with Gasteiger partial charge in [-0.15, -0.1) is 0 Å². The summed E-state index contributed by atoms with van der Waals surface area (Å²) in [6.07, 6.45) is 4.42. The zero-order valence-electron chi connectivity index (χ0n) is 16.2. The predicted molar refractivity (Wildman–Crippen MR) is 112 cm³/mol. The molecular formula is C23H22ClN3O2. The van der Waals surface area contributed by atoms with Crippen LogP contribution in [-0.4, -0.2) is 33.4 Å². The van der Waals surface area contributed by atoms with Crippen molar-refractivity contribution in [1.29, 1.82) is 0 Å². The first-order valence-corrected chi connectivity index (χ1v) is 10.1. The average molecular weight is 408 g/mol. The zero-order chi connectivity index (χ0) is 20.4. The Morgan fingerprint density at radius 1 is 1.07 bits per heavy atom. The summed E-state index contributed by atoms with van der Waals surface area (Å²) in [5, 5.41) is 4.95. The number of hydrogen-bond donors (Lipinski definition) is 0. The third kappa shape index (κ3) is 3.36. The van der Waals surface area contributed by atoms with Crippen LogP contribution >= 0.6 is 11.6 Å². The van der Waals surface area contributed by atoms with Gasteiger partial charge in [0.05, 0.1) is 5.69 Å². The maximum absolute atomic E-state index is 13.4. The van der Waals surface area contributed by atoms with Crippen LogP contribution in [0.2, 0.25) is 5.02 Å². The molecule has 0 spiro atoms. The second-order valence-corrected chi connectivity index (χ2v) is 7.72. The van der Waals surface area contributed by atoms with Crippen molar-refractivity contribution in [1.82, 2.24) is 14.7 Å². The number of rotatable bonds is 4. The van der Waals surface area contributed by atoms with Crippen molar-refractivity contribution in [2.24, 2.45) is 0 Å². The predicted octanol–water partition coefficient (Wildman–Crippen LogP) is 4.64. The van der Waals surface area contributed by atoms with Gasteiger partial charge in [0.2, 0.25) is 0 Å². The van der Waals surface area contributed by atoms with Crippen molar-refractivity contribution in [2.45, 2.75) is 31.2 Å². The SMILES string of the molecule is CN(C(=O)c1ccn(-c2ccccc2)n1)C1(c2ccccc2Cl)CCCCC1=O. The Bertz CT molecular complexity index is 1050. The Balaban J connectivity index is 1.73. The Hall–Kier alpha value is -2.92. The molecule has 6 heteroatoms. The number of nitrogens with zero attached hydrogens (tertiary/aromatic N) is 3. The van der Waals surface area contributed by atoms with Gasteiger partial charge < -0.3 is 4.90 Å². The summed E-state index contributed by atoms with van der Waals surface area (Å²) in [7, 11) is 1.68. The molecule has 0 aliphatic heterocycles. The molecule has 1 atom stereocenters. The third-order valence-corrected chi connectivity index (χ3v) is 6.01. The Labute approximate surface area is 174 Å². The Morgan fingerprint density at radius 2 is 1.79 bits per heavy atom. The molecular weight excluding hydrogens is 386 g/mol. The van der Waals surface area contributed by atoms with Crippen LogP contribution in [0.25, 0.3) is 5.69 Å². The van der Waals surface area contributed by atoms with E-state index in [9.17, 15) is 9.59 Å². The van der Waals surface area contributed by atoms with E-state index in [4.69, 9.17) is 11.6 Å². The van der Waals surface area contributed by atoms with Crippen LogP contribution in [0.5, 0.6) is 0 Å². The second-order valence-electron chi connectivity index (χ2n) is 7.32. The lowest BCUT2D eigenvalue weighted by Crippen LogP contribution is -2.54. The fourth-order valence-corrected chi connectivity index (χ4v) is 4.43. The number of para-hydroxylation sites is 1. The van der Waals surface area contributed by atoms with Crippen LogP contribution < -0.4 is 0 Å². The number of ketones is 1. The van der Waals surface area contributed by atoms with E-state index in [0.29, 0.717) is 29.1 Å². The highest BCUT2D eigenvalue weighted by Gasteiger charge is 2.48. The number of amides is 1. The van der Waals surface area contributed by atoms with E-state index in [0.717, 1.165) is 18.5 Å². The number of carbonyl (C=O) groups excluding carboxylic acids is 2. The van der Waals surface area contributed by atoms with Crippen LogP contribution in [-0.2, 0) is 10.3 Å². The van der Waals surface area contributed by atoms with Crippen LogP contribution in [0, 0.1) is 0 Å². The van der Waals surface area contributed by atoms with Gasteiger partial charge in [-0.3, -0.25) is 9.59 Å². The van der Waals surface area contributed by atoms with Crippen LogP contribution in [0.1, 0.15) is 41.7 Å². The molecule has 1 aliphatic rings. The van der Waals surface area contributed by atoms with Crippen LogP contribution in [0.4, 0.5) is 0 Å². The molecule has 3 aromatic rings. The lowest BCUT2D eigenvalue weighted by atomic mass is 9.74. The smallest absolute Gasteiger partial charge is 0.275 e. The van der Waals surface area contributed by atoms with Crippen molar-refractivity contribution in [2.75, 3.05) is 7.05 Å². The van der Waals surface area contributed by atoms with Gasteiger partial charge in [0.1, 0.15) is 5.54 Å². The van der Waals surface area contributed by atoms with E-state index in [2.05, 4.69) is 5.10 Å². The highest BCUT2D eigenvalue weighted by atomic mass is 35.5. The molecule has 1 saturated carbocycles. The first-order valence-electron chi connectivity index (χ1n) is 9.71. The summed E-state index contributed by atoms with van der Waals surface area (Å²) < 4.78 is 1.66. The van der Waals surface area contributed by atoms with Gasteiger partial charge in [0.25, 0.3) is 5.91 Å². The van der Waals surface area contributed by atoms with Gasteiger partial charge in [-0.05, 0) is 43.5 Å². The molecule has 2 aromatic carbocycles. The number of carbonyl (C=O) groups is 2. The Morgan fingerprint density at radius 3 is 2.52 bits per heavy atom. The minimum absolute atomic E-state index is 0.0233. The molecule has 29 heavy (non-hydrogen) atoms. The van der Waals surface area contributed by atoms with E-state index >= 15 is 0 Å². The average Bonchev–Trinajstić information content (AvgIpc) is 3.25. The maximum atomic E-state index is 13.4. The first kappa shape index (κ1) is 19.4. The van der Waals surface area contributed by atoms with Crippen molar-refractivity contribution < 1.29 is 9.59 Å². The van der Waals surface area contributed by atoms with Gasteiger partial charge >= 0.3 is 0 Å². The molecule has 0 N–H and O–H groups in total. The number of aromatic nitrogens is 2. The van der Waals surface area contributed by atoms with Crippen LogP contribution in [0.15, 0.2) is 66.9 Å². The van der Waals surface area contributed by atoms with Crippen molar-refractivity contribution >= 4 is 23.3 Å². The molecule has 1 aliphatic carbocycles. The number of likely N-dealkylation sites (N-methyl/N-ethyl adjacent to an activating group) is 1. The molecule has 5 nitrogen and oxygen atoms in total. The number of benzene rings is 2. The van der Waals surface area contributed by atoms with Gasteiger partial charge in [0, 0.05) is 30.3 Å². The summed E-state index contributed by atoms with van der Waals surface area (Å²) >= 11 is 6.48. The minimum Gasteiger partial charge on any atom is -0.323 e. The molecule has 148 valence electrons. The molecule has 1 heterocycles. The van der Waals surface area contributed by atoms with E-state index in [-0.39, 0.29) is 11.7 Å². The molecule has 0 saturated heterocycles. The first-order chi connectivity index (χ1) is 14.0. The van der Waals surface area contributed by atoms with E-state index < -0.39 is 5.54 Å². The van der Waals surface area contributed by atoms with E-state index in [1.807, 2.05) is 48.5 Å². The number of hydrogen-bond acceptors (Lipinski definition) is 3. The fraction of sp³-hybridized carbons (Fsp3) is 0.261. The molecule has 1 unspecified atom stereocenters. The molecule has 0 bridgehead atoms. The standard InChI is InChI=1S/C23H22ClN3O2/c1-26(22(29)20-14-16-27(25-20)17-9-3-2-4-10-17)23(15-8-7-13-21(23)28)18-11-5-6-12-19(18)24/h2-6,9-12,14,16H,7-8,13,15H2,1H3. The minimum atomic E-state index is -1.07. The largest absolute Gasteiger partial charge is 0.323 e. The highest BCUT2D eigenvalue weighted by Crippen LogP contribution is 2.42. The molecule has 4 rings (SSSR count). The van der Waals surface area contributed by atoms with E-state index in [1.165, 1.54) is 4.90 Å². The van der Waals surface area contributed by atoms with Gasteiger partial charge in [0.15, 0.2) is 11.5 Å². The summed E-state index contributed by atoms with van der Waals surface area (Å²) in [5.41, 5.74) is 0.777. The third-order valence-electron chi connectivity index (χ3n) is 5.68. The van der Waals surface area contributed by atoms with Crippen molar-refractivity contribution in [3.05, 3.63) is 83.1 Å². The number of Topliss-reactive ketones (excluding diaryl/α,β-unsaturated/α-hetero) is 1. The van der Waals surface area contributed by atoms with Gasteiger partial charge in [-0.1, -0.05) is 48.0 Å². The normalized spacial score (nSPS) is 19.2. The summed E-state index contributed by atoms with van der Waals surface area (Å²) in [5.74, 6) is -0.273. The Kier molecular flexibility index (Phi) is 5.24.